The second-order valence-corrected chi connectivity index (χ2v) is 14.3. The predicted molar refractivity (Wildman–Crippen MR) is 175 cm³/mol. The molecule has 0 aromatic carbocycles. The summed E-state index contributed by atoms with van der Waals surface area (Å²) < 4.78 is 24.9. The summed E-state index contributed by atoms with van der Waals surface area (Å²) in [4.78, 5) is 35.9. The number of carbonyl (C=O) groups is 2. The van der Waals surface area contributed by atoms with E-state index in [0.29, 0.717) is 90.3 Å². The quantitative estimate of drug-likeness (QED) is 0.329. The summed E-state index contributed by atoms with van der Waals surface area (Å²) in [6.45, 7) is 8.65. The lowest BCUT2D eigenvalue weighted by Crippen LogP contribution is -2.39. The van der Waals surface area contributed by atoms with Gasteiger partial charge in [0.05, 0.1) is 63.2 Å². The average Bonchev–Trinajstić information content (AvgIpc) is 3.14. The Morgan fingerprint density at radius 2 is 1.29 bits per heavy atom. The van der Waals surface area contributed by atoms with Gasteiger partial charge in [0, 0.05) is 42.7 Å². The molecule has 3 atom stereocenters. The number of carboxylic acids is 2. The number of fused-ring (bicyclic) bond motifs is 1. The van der Waals surface area contributed by atoms with E-state index >= 15 is 0 Å². The van der Waals surface area contributed by atoms with Crippen molar-refractivity contribution in [2.75, 3.05) is 65.8 Å². The molecule has 1 aliphatic heterocycles. The fraction of sp³-hybridized carbons (Fsp3) is 0.625. The first kappa shape index (κ1) is 35.6. The molecule has 4 rings (SSSR count). The smallest absolute Gasteiger partial charge is 0.354 e. The first-order valence-electron chi connectivity index (χ1n) is 15.6. The first-order chi connectivity index (χ1) is 21.7. The molecule has 1 saturated carbocycles. The van der Waals surface area contributed by atoms with Crippen LogP contribution in [0.1, 0.15) is 65.0 Å². The molecule has 45 heavy (non-hydrogen) atoms. The number of pyridine rings is 2. The Kier molecular flexibility index (Phi) is 14.4. The SMILES string of the molecule is CC1(I)CCCC2OCCN(Cc3cccc(C(=O)O)n3)CCOCCOCCN(Cc3cccc(C(=O)O)n3)CCOC2C1. The second kappa shape index (κ2) is 18.2. The highest BCUT2D eigenvalue weighted by atomic mass is 127. The maximum atomic E-state index is 11.4. The zero-order valence-corrected chi connectivity index (χ0v) is 28.1. The van der Waals surface area contributed by atoms with E-state index in [0.717, 1.165) is 25.7 Å². The van der Waals surface area contributed by atoms with E-state index in [-0.39, 0.29) is 27.0 Å². The van der Waals surface area contributed by atoms with E-state index in [1.165, 1.54) is 12.1 Å². The van der Waals surface area contributed by atoms with Crippen LogP contribution in [0.2, 0.25) is 0 Å². The maximum absolute atomic E-state index is 11.4. The number of aromatic carboxylic acids is 2. The second-order valence-electron chi connectivity index (χ2n) is 11.7. The van der Waals surface area contributed by atoms with Crippen LogP contribution < -0.4 is 0 Å². The van der Waals surface area contributed by atoms with E-state index in [1.54, 1.807) is 12.1 Å². The van der Waals surface area contributed by atoms with Crippen molar-refractivity contribution in [2.24, 2.45) is 0 Å². The third-order valence-electron chi connectivity index (χ3n) is 8.01. The first-order valence-corrected chi connectivity index (χ1v) is 16.7. The molecule has 1 aliphatic carbocycles. The predicted octanol–water partition coefficient (Wildman–Crippen LogP) is 3.76. The standard InChI is InChI=1S/C32H45IN4O8/c1-32(33)10-4-9-28-29(21-32)45-18-14-37(23-25-6-3-8-27(35-25)31(40)41)12-16-43-20-19-42-15-11-36(13-17-44-28)22-24-5-2-7-26(34-24)30(38)39/h2-3,5-8,28-29H,4,9-23H2,1H3,(H,38,39)(H,40,41). The monoisotopic (exact) mass is 740 g/mol. The molecule has 2 aromatic rings. The maximum Gasteiger partial charge on any atom is 0.354 e. The van der Waals surface area contributed by atoms with Crippen molar-refractivity contribution in [3.63, 3.8) is 0 Å². The number of aromatic nitrogens is 2. The van der Waals surface area contributed by atoms with Gasteiger partial charge in [-0.3, -0.25) is 9.80 Å². The fourth-order valence-electron chi connectivity index (χ4n) is 5.61. The van der Waals surface area contributed by atoms with Gasteiger partial charge in [0.25, 0.3) is 0 Å². The molecule has 248 valence electrons. The Morgan fingerprint density at radius 1 is 0.800 bits per heavy atom. The van der Waals surface area contributed by atoms with Crippen molar-refractivity contribution in [1.82, 2.24) is 19.8 Å². The number of ether oxygens (including phenoxy) is 4. The van der Waals surface area contributed by atoms with Gasteiger partial charge in [-0.25, -0.2) is 19.6 Å². The summed E-state index contributed by atoms with van der Waals surface area (Å²) in [7, 11) is 0. The summed E-state index contributed by atoms with van der Waals surface area (Å²) in [6, 6.07) is 10.1. The van der Waals surface area contributed by atoms with Crippen LogP contribution in [0.5, 0.6) is 0 Å². The molecule has 2 aliphatic rings. The lowest BCUT2D eigenvalue weighted by Gasteiger charge is -2.31. The van der Waals surface area contributed by atoms with Crippen LogP contribution in [0.3, 0.4) is 0 Å². The molecule has 0 spiro atoms. The molecule has 3 unspecified atom stereocenters. The Hall–Kier alpha value is -2.27. The lowest BCUT2D eigenvalue weighted by molar-refractivity contribution is -0.0856. The molecule has 13 heteroatoms. The Bertz CT molecular complexity index is 1240. The van der Waals surface area contributed by atoms with Gasteiger partial charge in [-0.15, -0.1) is 0 Å². The van der Waals surface area contributed by atoms with Crippen molar-refractivity contribution < 1.29 is 38.7 Å². The van der Waals surface area contributed by atoms with Gasteiger partial charge < -0.3 is 29.2 Å². The van der Waals surface area contributed by atoms with Crippen LogP contribution in [-0.4, -0.2) is 123 Å². The Morgan fingerprint density at radius 3 is 1.80 bits per heavy atom. The number of alkyl halides is 1. The number of hydrogen-bond acceptors (Lipinski definition) is 10. The molecule has 1 saturated heterocycles. The van der Waals surface area contributed by atoms with Gasteiger partial charge in [0.15, 0.2) is 0 Å². The number of halogens is 1. The highest BCUT2D eigenvalue weighted by molar-refractivity contribution is 14.1. The molecule has 0 amide bonds. The van der Waals surface area contributed by atoms with Gasteiger partial charge >= 0.3 is 11.9 Å². The number of rotatable bonds is 6. The third-order valence-corrected chi connectivity index (χ3v) is 8.99. The van der Waals surface area contributed by atoms with E-state index in [1.807, 2.05) is 12.1 Å². The van der Waals surface area contributed by atoms with Gasteiger partial charge in [-0.05, 0) is 49.9 Å². The van der Waals surface area contributed by atoms with Crippen molar-refractivity contribution in [2.45, 2.75) is 61.3 Å². The minimum atomic E-state index is -1.04. The molecule has 2 aromatic heterocycles. The van der Waals surface area contributed by atoms with Crippen LogP contribution in [0.25, 0.3) is 0 Å². The van der Waals surface area contributed by atoms with Gasteiger partial charge in [-0.1, -0.05) is 41.6 Å². The van der Waals surface area contributed by atoms with Crippen LogP contribution in [0.15, 0.2) is 36.4 Å². The number of hydrogen-bond donors (Lipinski definition) is 2. The Labute approximate surface area is 278 Å². The van der Waals surface area contributed by atoms with Crippen molar-refractivity contribution >= 4 is 34.5 Å². The summed E-state index contributed by atoms with van der Waals surface area (Å²) in [5, 5.41) is 18.7. The molecular formula is C32H45IN4O8. The molecule has 0 bridgehead atoms. The molecular weight excluding hydrogens is 695 g/mol. The number of nitrogens with zero attached hydrogens (tertiary/aromatic N) is 4. The highest BCUT2D eigenvalue weighted by Crippen LogP contribution is 2.37. The third kappa shape index (κ3) is 12.5. The van der Waals surface area contributed by atoms with E-state index in [4.69, 9.17) is 18.9 Å². The largest absolute Gasteiger partial charge is 0.477 e. The van der Waals surface area contributed by atoms with Gasteiger partial charge in [-0.2, -0.15) is 0 Å². The molecule has 0 radical (unpaired) electrons. The zero-order chi connectivity index (χ0) is 32.1. The topological polar surface area (TPSA) is 144 Å². The van der Waals surface area contributed by atoms with Crippen molar-refractivity contribution in [3.8, 4) is 0 Å². The molecule has 3 heterocycles. The van der Waals surface area contributed by atoms with Crippen LogP contribution >= 0.6 is 22.6 Å². The van der Waals surface area contributed by atoms with E-state index in [2.05, 4.69) is 49.3 Å². The van der Waals surface area contributed by atoms with E-state index in [9.17, 15) is 19.8 Å². The summed E-state index contributed by atoms with van der Waals surface area (Å²) in [6.07, 6.45) is 3.84. The Balaban J connectivity index is 1.43. The summed E-state index contributed by atoms with van der Waals surface area (Å²) in [5.41, 5.74) is 1.43. The summed E-state index contributed by atoms with van der Waals surface area (Å²) >= 11 is 2.55. The van der Waals surface area contributed by atoms with Crippen LogP contribution in [0.4, 0.5) is 0 Å². The van der Waals surface area contributed by atoms with Gasteiger partial charge in [0.2, 0.25) is 0 Å². The van der Waals surface area contributed by atoms with Crippen LogP contribution in [0, 0.1) is 0 Å². The number of carboxylic acid groups (broad SMARTS) is 2. The summed E-state index contributed by atoms with van der Waals surface area (Å²) in [5.74, 6) is -2.09. The molecule has 2 N–H and O–H groups in total. The highest BCUT2D eigenvalue weighted by Gasteiger charge is 2.35. The van der Waals surface area contributed by atoms with Gasteiger partial charge in [0.1, 0.15) is 11.4 Å². The normalized spacial score (nSPS) is 25.7. The minimum Gasteiger partial charge on any atom is -0.477 e. The van der Waals surface area contributed by atoms with Crippen molar-refractivity contribution in [3.05, 3.63) is 59.2 Å². The van der Waals surface area contributed by atoms with Crippen molar-refractivity contribution in [1.29, 1.82) is 0 Å². The molecule has 12 nitrogen and oxygen atoms in total. The minimum absolute atomic E-state index is 0.0296. The van der Waals surface area contributed by atoms with Crippen LogP contribution in [-0.2, 0) is 32.0 Å². The fourth-order valence-corrected chi connectivity index (χ4v) is 6.43. The average molecular weight is 741 g/mol. The zero-order valence-electron chi connectivity index (χ0n) is 25.9. The lowest BCUT2D eigenvalue weighted by atomic mass is 10.0. The van der Waals surface area contributed by atoms with E-state index < -0.39 is 11.9 Å². The molecule has 2 fully saturated rings.